The van der Waals surface area contributed by atoms with E-state index in [2.05, 4.69) is 15.3 Å². The zero-order valence-electron chi connectivity index (χ0n) is 12.8. The molecule has 120 valence electrons. The van der Waals surface area contributed by atoms with Gasteiger partial charge in [0.25, 0.3) is 5.91 Å². The number of carboxylic acids is 1. The predicted molar refractivity (Wildman–Crippen MR) is 85.0 cm³/mol. The molecule has 2 N–H and O–H groups in total. The third kappa shape index (κ3) is 3.16. The van der Waals surface area contributed by atoms with E-state index in [9.17, 15) is 14.7 Å². The van der Waals surface area contributed by atoms with Crippen molar-refractivity contribution in [2.75, 3.05) is 6.54 Å². The minimum Gasteiger partial charge on any atom is -0.481 e. The Kier molecular flexibility index (Phi) is 4.23. The Bertz CT molecular complexity index is 739. The van der Waals surface area contributed by atoms with Crippen molar-refractivity contribution in [3.05, 3.63) is 36.2 Å². The van der Waals surface area contributed by atoms with Crippen LogP contribution >= 0.6 is 0 Å². The fourth-order valence-electron chi connectivity index (χ4n) is 3.15. The number of hydrogen-bond donors (Lipinski definition) is 2. The summed E-state index contributed by atoms with van der Waals surface area (Å²) in [6, 6.07) is 5.09. The van der Waals surface area contributed by atoms with Gasteiger partial charge in [-0.2, -0.15) is 0 Å². The fourth-order valence-corrected chi connectivity index (χ4v) is 3.15. The largest absolute Gasteiger partial charge is 0.481 e. The summed E-state index contributed by atoms with van der Waals surface area (Å²) in [5.74, 6) is -1.09. The lowest BCUT2D eigenvalue weighted by molar-refractivity contribution is -0.150. The van der Waals surface area contributed by atoms with Crippen LogP contribution in [0.15, 0.2) is 30.6 Å². The van der Waals surface area contributed by atoms with Crippen LogP contribution in [0.5, 0.6) is 0 Å². The molecule has 1 saturated carbocycles. The number of hydrogen-bond acceptors (Lipinski definition) is 4. The van der Waals surface area contributed by atoms with Crippen LogP contribution in [0.25, 0.3) is 11.0 Å². The second-order valence-corrected chi connectivity index (χ2v) is 6.09. The fraction of sp³-hybridized carbons (Fsp3) is 0.412. The number of carbonyl (C=O) groups is 2. The van der Waals surface area contributed by atoms with Gasteiger partial charge in [-0.25, -0.2) is 0 Å². The van der Waals surface area contributed by atoms with Gasteiger partial charge < -0.3 is 10.4 Å². The Morgan fingerprint density at radius 1 is 1.09 bits per heavy atom. The Morgan fingerprint density at radius 2 is 1.78 bits per heavy atom. The molecule has 1 aliphatic carbocycles. The number of aliphatic carboxylic acids is 1. The van der Waals surface area contributed by atoms with Crippen LogP contribution in [0.4, 0.5) is 0 Å². The summed E-state index contributed by atoms with van der Waals surface area (Å²) in [6.45, 7) is 0.166. The monoisotopic (exact) mass is 313 g/mol. The third-order valence-electron chi connectivity index (χ3n) is 4.58. The van der Waals surface area contributed by atoms with Crippen LogP contribution in [-0.4, -0.2) is 33.5 Å². The molecule has 0 bridgehead atoms. The first-order valence-electron chi connectivity index (χ1n) is 7.83. The average molecular weight is 313 g/mol. The van der Waals surface area contributed by atoms with Crippen LogP contribution in [0, 0.1) is 5.41 Å². The van der Waals surface area contributed by atoms with Crippen LogP contribution < -0.4 is 5.32 Å². The molecule has 1 aromatic heterocycles. The summed E-state index contributed by atoms with van der Waals surface area (Å²) in [4.78, 5) is 32.3. The number of nitrogens with one attached hydrogen (secondary N) is 1. The van der Waals surface area contributed by atoms with Crippen LogP contribution in [0.1, 0.15) is 42.5 Å². The number of nitrogens with zero attached hydrogens (tertiary/aromatic N) is 2. The molecule has 1 aromatic carbocycles. The van der Waals surface area contributed by atoms with Gasteiger partial charge in [0.1, 0.15) is 0 Å². The summed E-state index contributed by atoms with van der Waals surface area (Å²) >= 11 is 0. The summed E-state index contributed by atoms with van der Waals surface area (Å²) in [5.41, 5.74) is 1.00. The van der Waals surface area contributed by atoms with Crippen molar-refractivity contribution in [2.45, 2.75) is 32.1 Å². The predicted octanol–water partition coefficient (Wildman–Crippen LogP) is 2.39. The maximum atomic E-state index is 12.3. The molecule has 3 rings (SSSR count). The maximum absolute atomic E-state index is 12.3. The van der Waals surface area contributed by atoms with E-state index in [1.807, 2.05) is 0 Å². The van der Waals surface area contributed by atoms with Crippen LogP contribution in [0.3, 0.4) is 0 Å². The molecular formula is C17H19N3O3. The van der Waals surface area contributed by atoms with Crippen molar-refractivity contribution in [1.29, 1.82) is 0 Å². The molecular weight excluding hydrogens is 294 g/mol. The van der Waals surface area contributed by atoms with Crippen molar-refractivity contribution < 1.29 is 14.7 Å². The third-order valence-corrected chi connectivity index (χ3v) is 4.58. The first-order valence-corrected chi connectivity index (χ1v) is 7.83. The number of benzene rings is 1. The SMILES string of the molecule is O=C(NCC1(C(=O)O)CCCCC1)c1ccc2nccnc2c1. The van der Waals surface area contributed by atoms with Crippen molar-refractivity contribution in [1.82, 2.24) is 15.3 Å². The van der Waals surface area contributed by atoms with E-state index in [0.717, 1.165) is 24.8 Å². The average Bonchev–Trinajstić information content (AvgIpc) is 2.60. The van der Waals surface area contributed by atoms with E-state index in [1.165, 1.54) is 0 Å². The van der Waals surface area contributed by atoms with Gasteiger partial charge in [-0.3, -0.25) is 19.6 Å². The number of fused-ring (bicyclic) bond motifs is 1. The summed E-state index contributed by atoms with van der Waals surface area (Å²) in [6.07, 6.45) is 7.26. The molecule has 0 unspecified atom stereocenters. The van der Waals surface area contributed by atoms with E-state index in [1.54, 1.807) is 30.6 Å². The van der Waals surface area contributed by atoms with Crippen molar-refractivity contribution in [3.63, 3.8) is 0 Å². The van der Waals surface area contributed by atoms with Gasteiger partial charge in [-0.15, -0.1) is 0 Å². The van der Waals surface area contributed by atoms with Crippen LogP contribution in [-0.2, 0) is 4.79 Å². The summed E-state index contributed by atoms with van der Waals surface area (Å²) < 4.78 is 0. The standard InChI is InChI=1S/C17H19N3O3/c21-15(12-4-5-13-14(10-12)19-9-8-18-13)20-11-17(16(22)23)6-2-1-3-7-17/h4-5,8-10H,1-3,6-7,11H2,(H,20,21)(H,22,23). The number of carboxylic acid groups (broad SMARTS) is 1. The summed E-state index contributed by atoms with van der Waals surface area (Å²) in [7, 11) is 0. The zero-order chi connectivity index (χ0) is 16.3. The minimum atomic E-state index is -0.829. The lowest BCUT2D eigenvalue weighted by Crippen LogP contribution is -2.44. The highest BCUT2D eigenvalue weighted by molar-refractivity contribution is 5.97. The lowest BCUT2D eigenvalue weighted by atomic mass is 9.74. The first kappa shape index (κ1) is 15.4. The van der Waals surface area contributed by atoms with Gasteiger partial charge in [0, 0.05) is 24.5 Å². The van der Waals surface area contributed by atoms with Crippen molar-refractivity contribution in [2.24, 2.45) is 5.41 Å². The van der Waals surface area contributed by atoms with E-state index in [4.69, 9.17) is 0 Å². The Labute approximate surface area is 133 Å². The van der Waals surface area contributed by atoms with Crippen molar-refractivity contribution in [3.8, 4) is 0 Å². The molecule has 0 saturated heterocycles. The number of aromatic nitrogens is 2. The van der Waals surface area contributed by atoms with Gasteiger partial charge in [-0.05, 0) is 31.0 Å². The molecule has 0 spiro atoms. The van der Waals surface area contributed by atoms with Crippen LogP contribution in [0.2, 0.25) is 0 Å². The molecule has 6 heteroatoms. The number of carbonyl (C=O) groups excluding carboxylic acids is 1. The van der Waals surface area contributed by atoms with E-state index in [0.29, 0.717) is 23.9 Å². The molecule has 1 amide bonds. The Balaban J connectivity index is 1.73. The lowest BCUT2D eigenvalue weighted by Gasteiger charge is -2.33. The molecule has 0 aliphatic heterocycles. The van der Waals surface area contributed by atoms with Gasteiger partial charge >= 0.3 is 5.97 Å². The molecule has 1 aliphatic rings. The maximum Gasteiger partial charge on any atom is 0.311 e. The molecule has 2 aromatic rings. The number of rotatable bonds is 4. The normalized spacial score (nSPS) is 16.9. The molecule has 1 heterocycles. The zero-order valence-corrected chi connectivity index (χ0v) is 12.8. The highest BCUT2D eigenvalue weighted by atomic mass is 16.4. The Hall–Kier alpha value is -2.50. The van der Waals surface area contributed by atoms with Crippen molar-refractivity contribution >= 4 is 22.9 Å². The smallest absolute Gasteiger partial charge is 0.311 e. The second-order valence-electron chi connectivity index (χ2n) is 6.09. The minimum absolute atomic E-state index is 0.166. The molecule has 6 nitrogen and oxygen atoms in total. The van der Waals surface area contributed by atoms with Gasteiger partial charge in [0.05, 0.1) is 16.4 Å². The molecule has 0 radical (unpaired) electrons. The molecule has 0 atom stereocenters. The highest BCUT2D eigenvalue weighted by Gasteiger charge is 2.39. The van der Waals surface area contributed by atoms with Gasteiger partial charge in [-0.1, -0.05) is 19.3 Å². The van der Waals surface area contributed by atoms with Gasteiger partial charge in [0.2, 0.25) is 0 Å². The Morgan fingerprint density at radius 3 is 2.48 bits per heavy atom. The molecule has 23 heavy (non-hydrogen) atoms. The topological polar surface area (TPSA) is 92.2 Å². The van der Waals surface area contributed by atoms with E-state index < -0.39 is 11.4 Å². The molecule has 1 fully saturated rings. The van der Waals surface area contributed by atoms with E-state index in [-0.39, 0.29) is 12.5 Å². The van der Waals surface area contributed by atoms with E-state index >= 15 is 0 Å². The quantitative estimate of drug-likeness (QED) is 0.904. The van der Waals surface area contributed by atoms with Gasteiger partial charge in [0.15, 0.2) is 0 Å². The highest BCUT2D eigenvalue weighted by Crippen LogP contribution is 2.36. The summed E-state index contributed by atoms with van der Waals surface area (Å²) in [5, 5.41) is 12.3. The number of amides is 1. The second kappa shape index (κ2) is 6.32. The first-order chi connectivity index (χ1) is 11.1.